The molecule has 0 bridgehead atoms. The summed E-state index contributed by atoms with van der Waals surface area (Å²) in [6, 6.07) is 12.7. The Labute approximate surface area is 168 Å². The van der Waals surface area contributed by atoms with E-state index in [9.17, 15) is 23.9 Å². The summed E-state index contributed by atoms with van der Waals surface area (Å²) in [6.07, 6.45) is -0.226. The zero-order valence-electron chi connectivity index (χ0n) is 14.8. The van der Waals surface area contributed by atoms with Crippen LogP contribution in [0.15, 0.2) is 48.5 Å². The standard InChI is InChI=1S/C21H13FN2O4S/c22-11-6-7-13-12(8-11)21(20(28)23-13)9-14(25)24-16-15(10-4-2-1-3-5-10)17(19(26)27)29-18(16)21/h1-8H,9H2,(H,23,28)(H,24,25)(H,26,27)/t21-/m1/s1. The van der Waals surface area contributed by atoms with Crippen molar-refractivity contribution in [2.45, 2.75) is 11.8 Å². The van der Waals surface area contributed by atoms with Gasteiger partial charge in [-0.25, -0.2) is 9.18 Å². The second-order valence-electron chi connectivity index (χ2n) is 6.96. The molecule has 0 aliphatic carbocycles. The molecule has 2 amide bonds. The number of halogens is 1. The molecule has 1 aromatic heterocycles. The predicted octanol–water partition coefficient (Wildman–Crippen LogP) is 3.83. The first-order chi connectivity index (χ1) is 13.9. The van der Waals surface area contributed by atoms with Crippen molar-refractivity contribution < 1.29 is 23.9 Å². The molecule has 3 aromatic rings. The largest absolute Gasteiger partial charge is 0.477 e. The lowest BCUT2D eigenvalue weighted by Crippen LogP contribution is -2.42. The first-order valence-electron chi connectivity index (χ1n) is 8.79. The van der Waals surface area contributed by atoms with E-state index in [2.05, 4.69) is 10.6 Å². The molecule has 0 unspecified atom stereocenters. The van der Waals surface area contributed by atoms with Crippen LogP contribution in [0.4, 0.5) is 15.8 Å². The summed E-state index contributed by atoms with van der Waals surface area (Å²) in [5.41, 5.74) is 0.555. The molecule has 0 saturated carbocycles. The van der Waals surface area contributed by atoms with Gasteiger partial charge in [-0.15, -0.1) is 11.3 Å². The molecule has 0 saturated heterocycles. The van der Waals surface area contributed by atoms with Gasteiger partial charge in [0.05, 0.1) is 17.0 Å². The molecule has 5 rings (SSSR count). The minimum Gasteiger partial charge on any atom is -0.477 e. The van der Waals surface area contributed by atoms with Gasteiger partial charge in [0, 0.05) is 11.3 Å². The topological polar surface area (TPSA) is 95.5 Å². The highest BCUT2D eigenvalue weighted by Gasteiger charge is 2.55. The van der Waals surface area contributed by atoms with Crippen molar-refractivity contribution >= 4 is 40.5 Å². The summed E-state index contributed by atoms with van der Waals surface area (Å²) in [5.74, 6) is -2.60. The van der Waals surface area contributed by atoms with Gasteiger partial charge in [-0.1, -0.05) is 30.3 Å². The highest BCUT2D eigenvalue weighted by molar-refractivity contribution is 7.15. The van der Waals surface area contributed by atoms with E-state index in [1.165, 1.54) is 18.2 Å². The fourth-order valence-corrected chi connectivity index (χ4v) is 5.43. The summed E-state index contributed by atoms with van der Waals surface area (Å²) >= 11 is 0.939. The van der Waals surface area contributed by atoms with E-state index in [0.717, 1.165) is 11.3 Å². The zero-order chi connectivity index (χ0) is 20.3. The molecule has 3 N–H and O–H groups in total. The Morgan fingerprint density at radius 3 is 2.59 bits per heavy atom. The third-order valence-electron chi connectivity index (χ3n) is 5.32. The van der Waals surface area contributed by atoms with E-state index in [-0.39, 0.29) is 11.3 Å². The van der Waals surface area contributed by atoms with Gasteiger partial charge in [-0.3, -0.25) is 9.59 Å². The molecule has 8 heteroatoms. The number of aromatic carboxylic acids is 1. The van der Waals surface area contributed by atoms with Crippen molar-refractivity contribution in [1.82, 2.24) is 0 Å². The van der Waals surface area contributed by atoms with Crippen molar-refractivity contribution in [2.24, 2.45) is 0 Å². The van der Waals surface area contributed by atoms with Crippen LogP contribution in [0.1, 0.15) is 26.5 Å². The van der Waals surface area contributed by atoms with Gasteiger partial charge in [0.1, 0.15) is 16.1 Å². The molecular formula is C21H13FN2O4S. The minimum atomic E-state index is -1.46. The third kappa shape index (κ3) is 2.35. The third-order valence-corrected chi connectivity index (χ3v) is 6.66. The maximum Gasteiger partial charge on any atom is 0.346 e. The highest BCUT2D eigenvalue weighted by Crippen LogP contribution is 2.56. The van der Waals surface area contributed by atoms with Crippen LogP contribution in [-0.4, -0.2) is 22.9 Å². The fourth-order valence-electron chi connectivity index (χ4n) is 4.12. The lowest BCUT2D eigenvalue weighted by Gasteiger charge is -2.31. The fraction of sp³-hybridized carbons (Fsp3) is 0.0952. The van der Waals surface area contributed by atoms with Crippen LogP contribution in [0.2, 0.25) is 0 Å². The van der Waals surface area contributed by atoms with Crippen molar-refractivity contribution in [3.05, 3.63) is 69.7 Å². The number of hydrogen-bond acceptors (Lipinski definition) is 4. The predicted molar refractivity (Wildman–Crippen MR) is 106 cm³/mol. The molecule has 6 nitrogen and oxygen atoms in total. The van der Waals surface area contributed by atoms with Gasteiger partial charge in [0.15, 0.2) is 0 Å². The Morgan fingerprint density at radius 1 is 1.10 bits per heavy atom. The quantitative estimate of drug-likeness (QED) is 0.601. The Bertz CT molecular complexity index is 1220. The number of benzene rings is 2. The minimum absolute atomic E-state index is 0.0143. The number of fused-ring (bicyclic) bond motifs is 4. The molecule has 0 radical (unpaired) electrons. The highest BCUT2D eigenvalue weighted by atomic mass is 32.1. The molecule has 1 atom stereocenters. The molecule has 29 heavy (non-hydrogen) atoms. The molecule has 2 aliphatic heterocycles. The number of amides is 2. The van der Waals surface area contributed by atoms with Gasteiger partial charge in [-0.05, 0) is 29.3 Å². The first-order valence-corrected chi connectivity index (χ1v) is 9.61. The number of carbonyl (C=O) groups is 3. The summed E-state index contributed by atoms with van der Waals surface area (Å²) in [4.78, 5) is 38.2. The lowest BCUT2D eigenvalue weighted by molar-refractivity contribution is -0.125. The number of nitrogens with one attached hydrogen (secondary N) is 2. The van der Waals surface area contributed by atoms with Gasteiger partial charge in [-0.2, -0.15) is 0 Å². The summed E-state index contributed by atoms with van der Waals surface area (Å²) < 4.78 is 14.0. The van der Waals surface area contributed by atoms with Crippen LogP contribution in [0, 0.1) is 5.82 Å². The van der Waals surface area contributed by atoms with Crippen molar-refractivity contribution in [1.29, 1.82) is 0 Å². The van der Waals surface area contributed by atoms with Crippen LogP contribution < -0.4 is 10.6 Å². The van der Waals surface area contributed by atoms with E-state index in [0.29, 0.717) is 32.9 Å². The normalized spacial score (nSPS) is 19.5. The van der Waals surface area contributed by atoms with Gasteiger partial charge < -0.3 is 15.7 Å². The molecule has 1 spiro atoms. The van der Waals surface area contributed by atoms with E-state index in [1.54, 1.807) is 30.3 Å². The number of carbonyl (C=O) groups excluding carboxylic acids is 2. The summed E-state index contributed by atoms with van der Waals surface area (Å²) in [6.45, 7) is 0. The Kier molecular flexibility index (Phi) is 3.63. The number of hydrogen-bond donors (Lipinski definition) is 3. The van der Waals surface area contributed by atoms with Crippen LogP contribution in [-0.2, 0) is 15.0 Å². The van der Waals surface area contributed by atoms with Crippen molar-refractivity contribution in [3.63, 3.8) is 0 Å². The molecule has 0 fully saturated rings. The average Bonchev–Trinajstić information content (AvgIpc) is 3.20. The molecule has 144 valence electrons. The number of carboxylic acid groups (broad SMARTS) is 1. The SMILES string of the molecule is O=C1C[C@]2(C(=O)Nc3ccc(F)cc32)c2sc(C(=O)O)c(-c3ccccc3)c2N1. The van der Waals surface area contributed by atoms with Crippen LogP contribution in [0.25, 0.3) is 11.1 Å². The number of thiophene rings is 1. The number of carboxylic acids is 1. The molecular weight excluding hydrogens is 395 g/mol. The van der Waals surface area contributed by atoms with Gasteiger partial charge in [0.2, 0.25) is 11.8 Å². The van der Waals surface area contributed by atoms with E-state index in [4.69, 9.17) is 0 Å². The maximum atomic E-state index is 14.0. The molecule has 2 aliphatic rings. The second-order valence-corrected chi connectivity index (χ2v) is 7.98. The number of rotatable bonds is 2. The van der Waals surface area contributed by atoms with E-state index >= 15 is 0 Å². The lowest BCUT2D eigenvalue weighted by atomic mass is 9.74. The maximum absolute atomic E-state index is 14.0. The smallest absolute Gasteiger partial charge is 0.346 e. The Hall–Kier alpha value is -3.52. The van der Waals surface area contributed by atoms with Crippen LogP contribution in [0.5, 0.6) is 0 Å². The van der Waals surface area contributed by atoms with Gasteiger partial charge >= 0.3 is 5.97 Å². The molecule has 3 heterocycles. The van der Waals surface area contributed by atoms with E-state index in [1.807, 2.05) is 0 Å². The van der Waals surface area contributed by atoms with Gasteiger partial charge in [0.25, 0.3) is 0 Å². The Morgan fingerprint density at radius 2 is 1.86 bits per heavy atom. The summed E-state index contributed by atoms with van der Waals surface area (Å²) in [7, 11) is 0. The van der Waals surface area contributed by atoms with Crippen molar-refractivity contribution in [3.8, 4) is 11.1 Å². The number of anilines is 2. The van der Waals surface area contributed by atoms with E-state index < -0.39 is 29.0 Å². The zero-order valence-corrected chi connectivity index (χ0v) is 15.6. The van der Waals surface area contributed by atoms with Crippen molar-refractivity contribution in [2.75, 3.05) is 10.6 Å². The monoisotopic (exact) mass is 408 g/mol. The first kappa shape index (κ1) is 17.6. The molecule has 2 aromatic carbocycles. The second kappa shape index (κ2) is 5.99. The van der Waals surface area contributed by atoms with Crippen LogP contribution >= 0.6 is 11.3 Å². The summed E-state index contributed by atoms with van der Waals surface area (Å²) in [5, 5.41) is 15.3. The Balaban J connectivity index is 1.86. The van der Waals surface area contributed by atoms with Crippen LogP contribution in [0.3, 0.4) is 0 Å². The average molecular weight is 408 g/mol.